The Morgan fingerprint density at radius 3 is 3.00 bits per heavy atom. The molecule has 1 saturated heterocycles. The molecular weight excluding hydrogens is 329 g/mol. The van der Waals surface area contributed by atoms with E-state index in [0.717, 1.165) is 6.42 Å². The van der Waals surface area contributed by atoms with Crippen LogP contribution in [0.25, 0.3) is 11.4 Å². The van der Waals surface area contributed by atoms with E-state index in [0.29, 0.717) is 35.0 Å². The second-order valence-corrected chi connectivity index (χ2v) is 5.57. The molecule has 0 saturated carbocycles. The van der Waals surface area contributed by atoms with Gasteiger partial charge in [-0.2, -0.15) is 4.98 Å². The lowest BCUT2D eigenvalue weighted by Gasteiger charge is -2.25. The zero-order valence-electron chi connectivity index (χ0n) is 10.6. The molecule has 7 heteroatoms. The topological polar surface area (TPSA) is 74.2 Å². The first-order valence-electron chi connectivity index (χ1n) is 6.27. The fourth-order valence-corrected chi connectivity index (χ4v) is 2.70. The first kappa shape index (κ1) is 13.7. The summed E-state index contributed by atoms with van der Waals surface area (Å²) in [5.74, 6) is 0.448. The smallest absolute Gasteiger partial charge is 0.233 e. The molecule has 0 bridgehead atoms. The molecule has 2 heterocycles. The van der Waals surface area contributed by atoms with Crippen LogP contribution in [0.5, 0.6) is 0 Å². The van der Waals surface area contributed by atoms with Gasteiger partial charge in [-0.15, -0.1) is 0 Å². The zero-order valence-corrected chi connectivity index (χ0v) is 12.1. The highest BCUT2D eigenvalue weighted by Gasteiger charge is 2.29. The number of hydrogen-bond donors (Lipinski definition) is 1. The van der Waals surface area contributed by atoms with Crippen LogP contribution in [-0.4, -0.2) is 29.4 Å². The van der Waals surface area contributed by atoms with E-state index in [1.165, 1.54) is 12.1 Å². The van der Waals surface area contributed by atoms with Gasteiger partial charge >= 0.3 is 0 Å². The highest BCUT2D eigenvalue weighted by Crippen LogP contribution is 2.29. The average Bonchev–Trinajstić information content (AvgIpc) is 2.88. The Bertz CT molecular complexity index is 619. The van der Waals surface area contributed by atoms with E-state index >= 15 is 0 Å². The van der Waals surface area contributed by atoms with Gasteiger partial charge in [-0.05, 0) is 40.5 Å². The number of nitrogens with two attached hydrogens (primary N) is 1. The zero-order chi connectivity index (χ0) is 14.1. The van der Waals surface area contributed by atoms with Crippen molar-refractivity contribution in [3.63, 3.8) is 0 Å². The number of benzene rings is 1. The molecule has 1 aliphatic heterocycles. The monoisotopic (exact) mass is 341 g/mol. The molecule has 1 aromatic carbocycles. The summed E-state index contributed by atoms with van der Waals surface area (Å²) in [7, 11) is 0. The van der Waals surface area contributed by atoms with Gasteiger partial charge in [0, 0.05) is 22.7 Å². The van der Waals surface area contributed by atoms with Crippen LogP contribution in [0.2, 0.25) is 0 Å². The summed E-state index contributed by atoms with van der Waals surface area (Å²) in [4.78, 5) is 4.35. The van der Waals surface area contributed by atoms with Crippen molar-refractivity contribution in [1.29, 1.82) is 0 Å². The quantitative estimate of drug-likeness (QED) is 0.908. The highest BCUT2D eigenvalue weighted by molar-refractivity contribution is 9.10. The largest absolute Gasteiger partial charge is 0.381 e. The molecule has 0 radical (unpaired) electrons. The Hall–Kier alpha value is -1.31. The van der Waals surface area contributed by atoms with Crippen molar-refractivity contribution in [3.05, 3.63) is 34.4 Å². The molecule has 3 rings (SSSR count). The molecule has 5 nitrogen and oxygen atoms in total. The van der Waals surface area contributed by atoms with Crippen LogP contribution >= 0.6 is 15.9 Å². The maximum Gasteiger partial charge on any atom is 0.233 e. The summed E-state index contributed by atoms with van der Waals surface area (Å²) in [5.41, 5.74) is 6.71. The van der Waals surface area contributed by atoms with Gasteiger partial charge in [-0.1, -0.05) is 5.16 Å². The second kappa shape index (κ2) is 5.59. The van der Waals surface area contributed by atoms with Gasteiger partial charge in [-0.25, -0.2) is 4.39 Å². The summed E-state index contributed by atoms with van der Waals surface area (Å²) in [5, 5.41) is 3.94. The minimum absolute atomic E-state index is 0.0475. The molecule has 1 aliphatic rings. The summed E-state index contributed by atoms with van der Waals surface area (Å²) < 4.78 is 24.3. The Morgan fingerprint density at radius 2 is 2.25 bits per heavy atom. The fraction of sp³-hybridized carbons (Fsp3) is 0.385. The average molecular weight is 342 g/mol. The molecule has 106 valence electrons. The van der Waals surface area contributed by atoms with Crippen molar-refractivity contribution in [2.75, 3.05) is 13.2 Å². The molecule has 0 spiro atoms. The lowest BCUT2D eigenvalue weighted by atomic mass is 9.97. The third-order valence-corrected chi connectivity index (χ3v) is 4.00. The number of rotatable bonds is 2. The Balaban J connectivity index is 1.89. The minimum Gasteiger partial charge on any atom is -0.381 e. The van der Waals surface area contributed by atoms with E-state index in [4.69, 9.17) is 15.0 Å². The van der Waals surface area contributed by atoms with E-state index in [9.17, 15) is 4.39 Å². The highest BCUT2D eigenvalue weighted by atomic mass is 79.9. The number of nitrogens with zero attached hydrogens (tertiary/aromatic N) is 2. The maximum atomic E-state index is 13.1. The van der Waals surface area contributed by atoms with E-state index in [1.54, 1.807) is 6.07 Å². The van der Waals surface area contributed by atoms with Gasteiger partial charge in [0.05, 0.1) is 12.5 Å². The molecule has 2 aromatic rings. The number of halogens is 2. The van der Waals surface area contributed by atoms with E-state index in [-0.39, 0.29) is 17.8 Å². The van der Waals surface area contributed by atoms with Crippen LogP contribution in [0.4, 0.5) is 4.39 Å². The first-order valence-corrected chi connectivity index (χ1v) is 7.07. The second-order valence-electron chi connectivity index (χ2n) is 4.71. The van der Waals surface area contributed by atoms with Crippen molar-refractivity contribution in [2.45, 2.75) is 18.4 Å². The summed E-state index contributed by atoms with van der Waals surface area (Å²) in [6.45, 7) is 1.13. The number of ether oxygens (including phenoxy) is 1. The molecule has 0 amide bonds. The van der Waals surface area contributed by atoms with Crippen LogP contribution in [0, 0.1) is 5.82 Å². The third kappa shape index (κ3) is 2.61. The normalized spacial score (nSPS) is 22.9. The number of aromatic nitrogens is 2. The Kier molecular flexibility index (Phi) is 3.82. The van der Waals surface area contributed by atoms with Crippen molar-refractivity contribution in [1.82, 2.24) is 10.1 Å². The van der Waals surface area contributed by atoms with Gasteiger partial charge in [0.25, 0.3) is 0 Å². The van der Waals surface area contributed by atoms with Crippen molar-refractivity contribution < 1.29 is 13.7 Å². The standard InChI is InChI=1S/C13H13BrFN3O2/c14-10-5-7(15)1-2-8(10)12-17-13(20-18-12)9-6-19-4-3-11(9)16/h1-2,5,9,11H,3-4,6,16H2. The van der Waals surface area contributed by atoms with E-state index < -0.39 is 0 Å². The van der Waals surface area contributed by atoms with E-state index in [2.05, 4.69) is 26.1 Å². The van der Waals surface area contributed by atoms with Crippen LogP contribution in [-0.2, 0) is 4.74 Å². The Labute approximate surface area is 123 Å². The van der Waals surface area contributed by atoms with E-state index in [1.807, 2.05) is 0 Å². The molecule has 1 aromatic heterocycles. The summed E-state index contributed by atoms with van der Waals surface area (Å²) in [6, 6.07) is 4.27. The van der Waals surface area contributed by atoms with Crippen LogP contribution in [0.1, 0.15) is 18.2 Å². The van der Waals surface area contributed by atoms with Gasteiger partial charge in [0.1, 0.15) is 5.82 Å². The maximum absolute atomic E-state index is 13.1. The van der Waals surface area contributed by atoms with Crippen molar-refractivity contribution >= 4 is 15.9 Å². The van der Waals surface area contributed by atoms with Crippen molar-refractivity contribution in [3.8, 4) is 11.4 Å². The molecule has 0 aliphatic carbocycles. The molecule has 2 atom stereocenters. The predicted octanol–water partition coefficient (Wildman–Crippen LogP) is 2.47. The molecule has 2 unspecified atom stereocenters. The Morgan fingerprint density at radius 1 is 1.40 bits per heavy atom. The predicted molar refractivity (Wildman–Crippen MR) is 73.5 cm³/mol. The summed E-state index contributed by atoms with van der Waals surface area (Å²) in [6.07, 6.45) is 0.766. The SMILES string of the molecule is NC1CCOCC1c1nc(-c2ccc(F)cc2Br)no1. The van der Waals surface area contributed by atoms with Gasteiger partial charge in [-0.3, -0.25) is 0 Å². The van der Waals surface area contributed by atoms with Gasteiger partial charge < -0.3 is 15.0 Å². The van der Waals surface area contributed by atoms with Crippen LogP contribution in [0.15, 0.2) is 27.2 Å². The van der Waals surface area contributed by atoms with Crippen molar-refractivity contribution in [2.24, 2.45) is 5.73 Å². The third-order valence-electron chi connectivity index (χ3n) is 3.34. The first-order chi connectivity index (χ1) is 9.65. The number of hydrogen-bond acceptors (Lipinski definition) is 5. The minimum atomic E-state index is -0.327. The molecule has 2 N–H and O–H groups in total. The van der Waals surface area contributed by atoms with Gasteiger partial charge in [0.15, 0.2) is 0 Å². The van der Waals surface area contributed by atoms with Crippen LogP contribution < -0.4 is 5.73 Å². The summed E-state index contributed by atoms with van der Waals surface area (Å²) >= 11 is 3.29. The van der Waals surface area contributed by atoms with Gasteiger partial charge in [0.2, 0.25) is 11.7 Å². The van der Waals surface area contributed by atoms with Crippen LogP contribution in [0.3, 0.4) is 0 Å². The lowest BCUT2D eigenvalue weighted by Crippen LogP contribution is -2.37. The molecular formula is C13H13BrFN3O2. The molecule has 20 heavy (non-hydrogen) atoms. The molecule has 1 fully saturated rings. The fourth-order valence-electron chi connectivity index (χ4n) is 2.17. The lowest BCUT2D eigenvalue weighted by molar-refractivity contribution is 0.0590.